The molecule has 0 aliphatic carbocycles. The lowest BCUT2D eigenvalue weighted by Crippen LogP contribution is -2.29. The second-order valence-corrected chi connectivity index (χ2v) is 5.15. The molecule has 3 N–H and O–H groups in total. The molecule has 1 fully saturated rings. The summed E-state index contributed by atoms with van der Waals surface area (Å²) in [4.78, 5) is 24.6. The number of nitro groups is 1. The number of rotatable bonds is 6. The summed E-state index contributed by atoms with van der Waals surface area (Å²) in [5.41, 5.74) is 5.52. The van der Waals surface area contributed by atoms with E-state index in [1.54, 1.807) is 0 Å². The van der Waals surface area contributed by atoms with Crippen LogP contribution < -0.4 is 11.1 Å². The third-order valence-electron chi connectivity index (χ3n) is 3.66. The number of anilines is 1. The van der Waals surface area contributed by atoms with E-state index in [0.29, 0.717) is 6.54 Å². The molecule has 0 atom stereocenters. The SMILES string of the molecule is Nc1c(C(=O)NCCCN2CCCC2)cccc1[N+](=O)[O-]. The largest absolute Gasteiger partial charge is 0.393 e. The standard InChI is InChI=1S/C14H20N4O3/c15-13-11(5-3-6-12(13)18(20)21)14(19)16-7-4-10-17-8-1-2-9-17/h3,5-6H,1-2,4,7-10,15H2,(H,16,19). The number of para-hydroxylation sites is 1. The minimum Gasteiger partial charge on any atom is -0.393 e. The Morgan fingerprint density at radius 3 is 2.76 bits per heavy atom. The molecule has 1 saturated heterocycles. The number of nitrogens with two attached hydrogens (primary N) is 1. The Labute approximate surface area is 123 Å². The van der Waals surface area contributed by atoms with Crippen LogP contribution in [0.2, 0.25) is 0 Å². The van der Waals surface area contributed by atoms with Gasteiger partial charge >= 0.3 is 0 Å². The number of likely N-dealkylation sites (tertiary alicyclic amines) is 1. The Kier molecular flexibility index (Phi) is 5.10. The number of amides is 1. The highest BCUT2D eigenvalue weighted by Gasteiger charge is 2.18. The van der Waals surface area contributed by atoms with Crippen molar-refractivity contribution in [3.05, 3.63) is 33.9 Å². The van der Waals surface area contributed by atoms with E-state index in [9.17, 15) is 14.9 Å². The molecule has 1 aliphatic heterocycles. The van der Waals surface area contributed by atoms with E-state index in [4.69, 9.17) is 5.73 Å². The molecule has 0 saturated carbocycles. The highest BCUT2D eigenvalue weighted by Crippen LogP contribution is 2.24. The Morgan fingerprint density at radius 2 is 2.10 bits per heavy atom. The molecule has 1 amide bonds. The molecule has 0 radical (unpaired) electrons. The average molecular weight is 292 g/mol. The van der Waals surface area contributed by atoms with Gasteiger partial charge in [0.2, 0.25) is 0 Å². The molecule has 1 aromatic carbocycles. The lowest BCUT2D eigenvalue weighted by molar-refractivity contribution is -0.383. The van der Waals surface area contributed by atoms with E-state index in [1.165, 1.54) is 31.0 Å². The van der Waals surface area contributed by atoms with Gasteiger partial charge in [0.15, 0.2) is 0 Å². The maximum atomic E-state index is 12.0. The van der Waals surface area contributed by atoms with Crippen LogP contribution in [-0.4, -0.2) is 41.9 Å². The van der Waals surface area contributed by atoms with Gasteiger partial charge in [-0.05, 0) is 45.0 Å². The topological polar surface area (TPSA) is 102 Å². The monoisotopic (exact) mass is 292 g/mol. The number of nitro benzene ring substituents is 1. The molecular weight excluding hydrogens is 272 g/mol. The predicted molar refractivity (Wildman–Crippen MR) is 80.1 cm³/mol. The molecule has 2 rings (SSSR count). The summed E-state index contributed by atoms with van der Waals surface area (Å²) in [5, 5.41) is 13.6. The second-order valence-electron chi connectivity index (χ2n) is 5.15. The quantitative estimate of drug-likeness (QED) is 0.357. The molecule has 114 valence electrons. The number of hydrogen-bond acceptors (Lipinski definition) is 5. The average Bonchev–Trinajstić information content (AvgIpc) is 2.96. The van der Waals surface area contributed by atoms with Crippen molar-refractivity contribution in [1.29, 1.82) is 0 Å². The molecule has 7 heteroatoms. The maximum Gasteiger partial charge on any atom is 0.292 e. The summed E-state index contributed by atoms with van der Waals surface area (Å²) in [5.74, 6) is -0.363. The zero-order chi connectivity index (χ0) is 15.2. The Morgan fingerprint density at radius 1 is 1.38 bits per heavy atom. The van der Waals surface area contributed by atoms with Gasteiger partial charge in [-0.25, -0.2) is 0 Å². The first-order chi connectivity index (χ1) is 10.1. The fourth-order valence-corrected chi connectivity index (χ4v) is 2.52. The van der Waals surface area contributed by atoms with Crippen LogP contribution in [0.4, 0.5) is 11.4 Å². The number of carbonyl (C=O) groups excluding carboxylic acids is 1. The van der Waals surface area contributed by atoms with E-state index < -0.39 is 4.92 Å². The van der Waals surface area contributed by atoms with Crippen LogP contribution in [0.3, 0.4) is 0 Å². The van der Waals surface area contributed by atoms with E-state index in [0.717, 1.165) is 26.1 Å². The minimum absolute atomic E-state index is 0.0838. The van der Waals surface area contributed by atoms with Gasteiger partial charge in [-0.1, -0.05) is 6.07 Å². The van der Waals surface area contributed by atoms with Gasteiger partial charge < -0.3 is 16.0 Å². The Bertz CT molecular complexity index is 527. The summed E-state index contributed by atoms with van der Waals surface area (Å²) >= 11 is 0. The molecule has 0 spiro atoms. The number of nitrogen functional groups attached to an aromatic ring is 1. The van der Waals surface area contributed by atoms with E-state index in [1.807, 2.05) is 0 Å². The van der Waals surface area contributed by atoms with Crippen molar-refractivity contribution in [1.82, 2.24) is 10.2 Å². The Hall–Kier alpha value is -2.15. The third-order valence-corrected chi connectivity index (χ3v) is 3.66. The highest BCUT2D eigenvalue weighted by molar-refractivity contribution is 6.00. The molecule has 1 aliphatic rings. The summed E-state index contributed by atoms with van der Waals surface area (Å²) in [6.45, 7) is 3.76. The fourth-order valence-electron chi connectivity index (χ4n) is 2.52. The van der Waals surface area contributed by atoms with Crippen LogP contribution in [0, 0.1) is 10.1 Å². The van der Waals surface area contributed by atoms with Crippen LogP contribution in [0.1, 0.15) is 29.6 Å². The fraction of sp³-hybridized carbons (Fsp3) is 0.500. The first kappa shape index (κ1) is 15.2. The number of carbonyl (C=O) groups is 1. The van der Waals surface area contributed by atoms with Crippen molar-refractivity contribution in [2.45, 2.75) is 19.3 Å². The van der Waals surface area contributed by atoms with Crippen molar-refractivity contribution in [3.63, 3.8) is 0 Å². The number of nitrogens with one attached hydrogen (secondary N) is 1. The zero-order valence-corrected chi connectivity index (χ0v) is 11.9. The number of hydrogen-bond donors (Lipinski definition) is 2. The van der Waals surface area contributed by atoms with Crippen molar-refractivity contribution in [2.24, 2.45) is 0 Å². The number of nitrogens with zero attached hydrogens (tertiary/aromatic N) is 2. The summed E-state index contributed by atoms with van der Waals surface area (Å²) < 4.78 is 0. The van der Waals surface area contributed by atoms with Crippen LogP contribution in [0.5, 0.6) is 0 Å². The van der Waals surface area contributed by atoms with Gasteiger partial charge in [-0.15, -0.1) is 0 Å². The summed E-state index contributed by atoms with van der Waals surface area (Å²) in [7, 11) is 0. The minimum atomic E-state index is -0.584. The highest BCUT2D eigenvalue weighted by atomic mass is 16.6. The van der Waals surface area contributed by atoms with Crippen molar-refractivity contribution < 1.29 is 9.72 Å². The zero-order valence-electron chi connectivity index (χ0n) is 11.9. The first-order valence-corrected chi connectivity index (χ1v) is 7.13. The smallest absolute Gasteiger partial charge is 0.292 e. The molecule has 0 unspecified atom stereocenters. The van der Waals surface area contributed by atoms with Gasteiger partial charge in [0, 0.05) is 12.6 Å². The maximum absolute atomic E-state index is 12.0. The van der Waals surface area contributed by atoms with Gasteiger partial charge in [-0.3, -0.25) is 14.9 Å². The van der Waals surface area contributed by atoms with Crippen molar-refractivity contribution in [2.75, 3.05) is 31.9 Å². The summed E-state index contributed by atoms with van der Waals surface area (Å²) in [6, 6.07) is 4.26. The molecule has 1 aromatic rings. The number of benzene rings is 1. The Balaban J connectivity index is 1.85. The van der Waals surface area contributed by atoms with Crippen LogP contribution in [-0.2, 0) is 0 Å². The summed E-state index contributed by atoms with van der Waals surface area (Å²) in [6.07, 6.45) is 3.35. The molecule has 0 aromatic heterocycles. The van der Waals surface area contributed by atoms with Crippen molar-refractivity contribution in [3.8, 4) is 0 Å². The molecule has 1 heterocycles. The first-order valence-electron chi connectivity index (χ1n) is 7.13. The van der Waals surface area contributed by atoms with E-state index in [-0.39, 0.29) is 22.8 Å². The third kappa shape index (κ3) is 3.91. The molecule has 7 nitrogen and oxygen atoms in total. The molecular formula is C14H20N4O3. The molecule has 21 heavy (non-hydrogen) atoms. The van der Waals surface area contributed by atoms with Gasteiger partial charge in [0.1, 0.15) is 5.69 Å². The predicted octanol–water partition coefficient (Wildman–Crippen LogP) is 1.39. The lowest BCUT2D eigenvalue weighted by Gasteiger charge is -2.14. The molecule has 0 bridgehead atoms. The van der Waals surface area contributed by atoms with Gasteiger partial charge in [-0.2, -0.15) is 0 Å². The second kappa shape index (κ2) is 7.03. The van der Waals surface area contributed by atoms with Crippen LogP contribution in [0.15, 0.2) is 18.2 Å². The normalized spacial score (nSPS) is 15.0. The van der Waals surface area contributed by atoms with Crippen molar-refractivity contribution >= 4 is 17.3 Å². The van der Waals surface area contributed by atoms with Gasteiger partial charge in [0.25, 0.3) is 11.6 Å². The van der Waals surface area contributed by atoms with Gasteiger partial charge in [0.05, 0.1) is 10.5 Å². The van der Waals surface area contributed by atoms with E-state index >= 15 is 0 Å². The lowest BCUT2D eigenvalue weighted by atomic mass is 10.1. The van der Waals surface area contributed by atoms with Crippen LogP contribution in [0.25, 0.3) is 0 Å². The van der Waals surface area contributed by atoms with Crippen LogP contribution >= 0.6 is 0 Å². The van der Waals surface area contributed by atoms with E-state index in [2.05, 4.69) is 10.2 Å².